The molecule has 2 aliphatic carbocycles. The molecule has 1 N–H and O–H groups in total. The third-order valence-corrected chi connectivity index (χ3v) is 9.07. The molecule has 0 saturated carbocycles. The number of nitrogens with zero attached hydrogens (tertiary/aromatic N) is 1. The lowest BCUT2D eigenvalue weighted by Crippen LogP contribution is -2.74. The standard InChI is InChI=1S/C34H45NO12/c1-18(28(37)46-31(2,3)4)42-24(36)17-22(44-30(39)47-32(5,6)7)29(38)43-21-12-13-34(40)23-16-19-10-11-20(41-9)26-25(19)33(34,27(21)45-26)14-15-35(23)8/h10-12,18,22-23,27,40H,13-17H2,1-9H3/t18-,22-,23+,27-,33-,34+/m0/s1. The monoisotopic (exact) mass is 659 g/mol. The lowest BCUT2D eigenvalue weighted by atomic mass is 9.50. The molecule has 1 saturated heterocycles. The highest BCUT2D eigenvalue weighted by Crippen LogP contribution is 2.65. The maximum Gasteiger partial charge on any atom is 0.509 e. The second kappa shape index (κ2) is 12.0. The smallest absolute Gasteiger partial charge is 0.493 e. The van der Waals surface area contributed by atoms with E-state index in [1.165, 1.54) is 14.0 Å². The van der Waals surface area contributed by atoms with Crippen LogP contribution in [0.15, 0.2) is 24.0 Å². The molecule has 0 unspecified atom stereocenters. The summed E-state index contributed by atoms with van der Waals surface area (Å²) in [5.41, 5.74) is -2.10. The van der Waals surface area contributed by atoms with Crippen LogP contribution >= 0.6 is 0 Å². The van der Waals surface area contributed by atoms with Gasteiger partial charge in [0.25, 0.3) is 0 Å². The van der Waals surface area contributed by atoms with Crippen molar-refractivity contribution in [2.75, 3.05) is 20.7 Å². The topological polar surface area (TPSA) is 156 Å². The molecule has 13 nitrogen and oxygen atoms in total. The van der Waals surface area contributed by atoms with Gasteiger partial charge in [-0.25, -0.2) is 14.4 Å². The van der Waals surface area contributed by atoms with Gasteiger partial charge in [0.05, 0.1) is 24.5 Å². The van der Waals surface area contributed by atoms with Crippen molar-refractivity contribution in [3.63, 3.8) is 0 Å². The first-order chi connectivity index (χ1) is 21.8. The van der Waals surface area contributed by atoms with Crippen LogP contribution in [-0.4, -0.2) is 95.9 Å². The number of carbonyl (C=O) groups excluding carboxylic acids is 4. The van der Waals surface area contributed by atoms with E-state index in [9.17, 15) is 24.3 Å². The number of likely N-dealkylation sites (tertiary alicyclic amines) is 1. The average molecular weight is 660 g/mol. The zero-order valence-electron chi connectivity index (χ0n) is 28.5. The number of likely N-dealkylation sites (N-methyl/N-ethyl adjacent to an activating group) is 1. The van der Waals surface area contributed by atoms with Crippen molar-refractivity contribution in [3.05, 3.63) is 35.1 Å². The largest absolute Gasteiger partial charge is 0.509 e. The fourth-order valence-corrected chi connectivity index (χ4v) is 7.16. The Morgan fingerprint density at radius 2 is 1.72 bits per heavy atom. The van der Waals surface area contributed by atoms with Crippen molar-refractivity contribution >= 4 is 24.1 Å². The zero-order chi connectivity index (χ0) is 34.7. The summed E-state index contributed by atoms with van der Waals surface area (Å²) in [7, 11) is 3.52. The van der Waals surface area contributed by atoms with E-state index in [1.54, 1.807) is 47.6 Å². The molecule has 1 aromatic carbocycles. The van der Waals surface area contributed by atoms with Gasteiger partial charge in [-0.1, -0.05) is 6.07 Å². The molecule has 0 aromatic heterocycles. The summed E-state index contributed by atoms with van der Waals surface area (Å²) < 4.78 is 39.0. The number of piperidine rings is 1. The second-order valence-electron chi connectivity index (χ2n) is 14.6. The van der Waals surface area contributed by atoms with E-state index in [-0.39, 0.29) is 18.2 Å². The van der Waals surface area contributed by atoms with E-state index < -0.39 is 71.0 Å². The lowest BCUT2D eigenvalue weighted by molar-refractivity contribution is -0.178. The summed E-state index contributed by atoms with van der Waals surface area (Å²) in [5.74, 6) is -1.79. The van der Waals surface area contributed by atoms with Crippen molar-refractivity contribution in [1.29, 1.82) is 0 Å². The van der Waals surface area contributed by atoms with Crippen LogP contribution in [0.1, 0.15) is 78.9 Å². The maximum absolute atomic E-state index is 13.8. The Bertz CT molecular complexity index is 1490. The highest BCUT2D eigenvalue weighted by atomic mass is 16.7. The molecule has 2 aliphatic heterocycles. The van der Waals surface area contributed by atoms with Gasteiger partial charge < -0.3 is 43.2 Å². The molecule has 13 heteroatoms. The number of aliphatic hydroxyl groups is 1. The number of rotatable bonds is 8. The van der Waals surface area contributed by atoms with E-state index in [1.807, 2.05) is 19.2 Å². The van der Waals surface area contributed by atoms with E-state index in [0.29, 0.717) is 30.9 Å². The van der Waals surface area contributed by atoms with Crippen molar-refractivity contribution in [3.8, 4) is 11.5 Å². The lowest BCUT2D eigenvalue weighted by Gasteiger charge is -2.61. The molecule has 1 spiro atoms. The van der Waals surface area contributed by atoms with Gasteiger partial charge in [-0.3, -0.25) is 4.79 Å². The fourth-order valence-electron chi connectivity index (χ4n) is 7.16. The molecule has 2 heterocycles. The van der Waals surface area contributed by atoms with Crippen LogP contribution in [0.4, 0.5) is 4.79 Å². The highest BCUT2D eigenvalue weighted by Gasteiger charge is 2.72. The number of hydrogen-bond acceptors (Lipinski definition) is 13. The van der Waals surface area contributed by atoms with Gasteiger partial charge in [0.1, 0.15) is 17.0 Å². The maximum atomic E-state index is 13.8. The minimum absolute atomic E-state index is 0.113. The Morgan fingerprint density at radius 3 is 2.36 bits per heavy atom. The Morgan fingerprint density at radius 1 is 1.04 bits per heavy atom. The predicted octanol–water partition coefficient (Wildman–Crippen LogP) is 3.50. The van der Waals surface area contributed by atoms with Gasteiger partial charge in [-0.15, -0.1) is 0 Å². The third kappa shape index (κ3) is 6.27. The van der Waals surface area contributed by atoms with Crippen LogP contribution in [0.3, 0.4) is 0 Å². The van der Waals surface area contributed by atoms with Crippen molar-refractivity contribution in [1.82, 2.24) is 4.90 Å². The molecule has 0 amide bonds. The molecule has 4 aliphatic rings. The molecular weight excluding hydrogens is 614 g/mol. The summed E-state index contributed by atoms with van der Waals surface area (Å²) in [4.78, 5) is 53.9. The molecule has 0 radical (unpaired) electrons. The van der Waals surface area contributed by atoms with Crippen LogP contribution in [0, 0.1) is 0 Å². The quantitative estimate of drug-likeness (QED) is 0.320. The summed E-state index contributed by atoms with van der Waals surface area (Å²) in [6.45, 7) is 11.8. The normalized spacial score (nSPS) is 27.2. The fraction of sp³-hybridized carbons (Fsp3) is 0.647. The number of methoxy groups -OCH3 is 1. The summed E-state index contributed by atoms with van der Waals surface area (Å²) in [6.07, 6.45) is -3.09. The van der Waals surface area contributed by atoms with Crippen molar-refractivity contribution < 1.29 is 57.4 Å². The molecule has 258 valence electrons. The van der Waals surface area contributed by atoms with Crippen molar-refractivity contribution in [2.24, 2.45) is 0 Å². The van der Waals surface area contributed by atoms with Crippen molar-refractivity contribution in [2.45, 2.75) is 121 Å². The zero-order valence-corrected chi connectivity index (χ0v) is 28.5. The van der Waals surface area contributed by atoms with E-state index >= 15 is 0 Å². The predicted molar refractivity (Wildman–Crippen MR) is 165 cm³/mol. The van der Waals surface area contributed by atoms with E-state index in [4.69, 9.17) is 33.2 Å². The number of ether oxygens (including phenoxy) is 7. The first kappa shape index (κ1) is 34.5. The third-order valence-electron chi connectivity index (χ3n) is 9.07. The Balaban J connectivity index is 1.42. The first-order valence-electron chi connectivity index (χ1n) is 15.8. The molecule has 6 atom stereocenters. The summed E-state index contributed by atoms with van der Waals surface area (Å²) in [6, 6.07) is 3.59. The van der Waals surface area contributed by atoms with Crippen LogP contribution in [0.5, 0.6) is 11.5 Å². The van der Waals surface area contributed by atoms with E-state index in [0.717, 1.165) is 11.1 Å². The van der Waals surface area contributed by atoms with Gasteiger partial charge in [0.2, 0.25) is 6.10 Å². The minimum atomic E-state index is -1.80. The second-order valence-corrected chi connectivity index (χ2v) is 14.6. The van der Waals surface area contributed by atoms with Gasteiger partial charge in [0, 0.05) is 18.0 Å². The SMILES string of the molecule is COc1ccc2c3c1O[C@H]1C(OC(=O)[C@H](CC(=O)O[C@@H](C)C(=O)OC(C)(C)C)OC(=O)OC(C)(C)C)=CC[C@@]4(O)[C@@H](C2)N(C)CC[C@]314. The summed E-state index contributed by atoms with van der Waals surface area (Å²) in [5, 5.41) is 12.4. The molecule has 1 fully saturated rings. The van der Waals surface area contributed by atoms with Gasteiger partial charge in [0.15, 0.2) is 23.7 Å². The van der Waals surface area contributed by atoms with Gasteiger partial charge in [-0.2, -0.15) is 0 Å². The molecule has 5 rings (SSSR count). The Kier molecular flexibility index (Phi) is 8.80. The number of esters is 3. The van der Waals surface area contributed by atoms with Gasteiger partial charge in [-0.05, 0) is 92.6 Å². The molecular formula is C34H45NO12. The van der Waals surface area contributed by atoms with Crippen LogP contribution in [0.25, 0.3) is 0 Å². The van der Waals surface area contributed by atoms with Crippen LogP contribution in [-0.2, 0) is 49.9 Å². The van der Waals surface area contributed by atoms with Crippen LogP contribution < -0.4 is 9.47 Å². The first-order valence-corrected chi connectivity index (χ1v) is 15.8. The minimum Gasteiger partial charge on any atom is -0.493 e. The van der Waals surface area contributed by atoms with Crippen LogP contribution in [0.2, 0.25) is 0 Å². The average Bonchev–Trinajstić information content (AvgIpc) is 3.30. The number of benzene rings is 1. The highest BCUT2D eigenvalue weighted by molar-refractivity contribution is 5.86. The molecule has 47 heavy (non-hydrogen) atoms. The number of hydrogen-bond donors (Lipinski definition) is 1. The molecule has 2 bridgehead atoms. The Labute approximate surface area is 274 Å². The van der Waals surface area contributed by atoms with Gasteiger partial charge >= 0.3 is 24.1 Å². The molecule has 1 aromatic rings. The summed E-state index contributed by atoms with van der Waals surface area (Å²) >= 11 is 0. The Hall–Kier alpha value is -3.84. The number of carbonyl (C=O) groups is 4. The van der Waals surface area contributed by atoms with E-state index in [2.05, 4.69) is 4.90 Å².